The molecule has 1 fully saturated rings. The van der Waals surface area contributed by atoms with Gasteiger partial charge >= 0.3 is 5.97 Å². The van der Waals surface area contributed by atoms with Gasteiger partial charge in [-0.15, -0.1) is 0 Å². The summed E-state index contributed by atoms with van der Waals surface area (Å²) in [7, 11) is 0. The van der Waals surface area contributed by atoms with Gasteiger partial charge in [0.05, 0.1) is 12.3 Å². The van der Waals surface area contributed by atoms with E-state index >= 15 is 0 Å². The van der Waals surface area contributed by atoms with Gasteiger partial charge in [-0.1, -0.05) is 6.07 Å². The van der Waals surface area contributed by atoms with Gasteiger partial charge in [0.25, 0.3) is 0 Å². The van der Waals surface area contributed by atoms with Crippen LogP contribution in [0.5, 0.6) is 0 Å². The van der Waals surface area contributed by atoms with Crippen LogP contribution in [-0.2, 0) is 19.1 Å². The molecule has 0 amide bonds. The Kier molecular flexibility index (Phi) is 3.49. The first kappa shape index (κ1) is 11.7. The van der Waals surface area contributed by atoms with E-state index in [0.717, 1.165) is 0 Å². The highest BCUT2D eigenvalue weighted by molar-refractivity contribution is 6.03. The molecule has 0 N–H and O–H groups in total. The van der Waals surface area contributed by atoms with Crippen molar-refractivity contribution in [1.82, 2.24) is 4.98 Å². The predicted octanol–water partition coefficient (Wildman–Crippen LogP) is 1.04. The zero-order chi connectivity index (χ0) is 12.3. The maximum atomic E-state index is 11.6. The van der Waals surface area contributed by atoms with E-state index in [1.165, 1.54) is 0 Å². The normalized spacial score (nSPS) is 23.7. The van der Waals surface area contributed by atoms with Gasteiger partial charge in [0.2, 0.25) is 6.10 Å². The molecule has 2 heterocycles. The molecule has 0 spiro atoms. The van der Waals surface area contributed by atoms with Crippen LogP contribution in [0.4, 0.5) is 0 Å². The first-order valence-corrected chi connectivity index (χ1v) is 5.48. The predicted molar refractivity (Wildman–Crippen MR) is 58.1 cm³/mol. The Hall–Kier alpha value is -1.75. The van der Waals surface area contributed by atoms with Gasteiger partial charge in [0, 0.05) is 12.6 Å². The molecule has 1 saturated heterocycles. The van der Waals surface area contributed by atoms with E-state index in [-0.39, 0.29) is 18.8 Å². The monoisotopic (exact) mass is 235 g/mol. The third kappa shape index (κ3) is 2.50. The van der Waals surface area contributed by atoms with Crippen LogP contribution in [0, 0.1) is 0 Å². The quantitative estimate of drug-likeness (QED) is 0.578. The summed E-state index contributed by atoms with van der Waals surface area (Å²) in [5, 5.41) is 0. The molecular weight excluding hydrogens is 222 g/mol. The van der Waals surface area contributed by atoms with Crippen LogP contribution in [0.2, 0.25) is 0 Å². The third-order valence-corrected chi connectivity index (χ3v) is 2.50. The molecule has 5 nitrogen and oxygen atoms in total. The molecule has 2 atom stereocenters. The highest BCUT2D eigenvalue weighted by Gasteiger charge is 2.40. The second-order valence-electron chi connectivity index (χ2n) is 3.68. The fraction of sp³-hybridized carbons (Fsp3) is 0.417. The number of pyridine rings is 1. The highest BCUT2D eigenvalue weighted by atomic mass is 16.6. The third-order valence-electron chi connectivity index (χ3n) is 2.50. The van der Waals surface area contributed by atoms with Crippen LogP contribution in [0.3, 0.4) is 0 Å². The largest absolute Gasteiger partial charge is 0.464 e. The number of ether oxygens (including phenoxy) is 2. The molecule has 90 valence electrons. The molecule has 1 unspecified atom stereocenters. The van der Waals surface area contributed by atoms with Crippen molar-refractivity contribution in [3.8, 4) is 0 Å². The molecule has 1 aliphatic heterocycles. The molecule has 1 aliphatic rings. The van der Waals surface area contributed by atoms with Crippen molar-refractivity contribution in [1.29, 1.82) is 0 Å². The minimum atomic E-state index is -1.10. The summed E-state index contributed by atoms with van der Waals surface area (Å²) in [6, 6.07) is 5.36. The van der Waals surface area contributed by atoms with Gasteiger partial charge in [-0.3, -0.25) is 9.78 Å². The van der Waals surface area contributed by atoms with Gasteiger partial charge in [0.15, 0.2) is 5.78 Å². The minimum absolute atomic E-state index is 0.167. The summed E-state index contributed by atoms with van der Waals surface area (Å²) >= 11 is 0. The fourth-order valence-corrected chi connectivity index (χ4v) is 1.72. The second kappa shape index (κ2) is 5.05. The molecule has 5 heteroatoms. The lowest BCUT2D eigenvalue weighted by Gasteiger charge is -2.10. The van der Waals surface area contributed by atoms with Crippen molar-refractivity contribution < 1.29 is 19.1 Å². The van der Waals surface area contributed by atoms with Crippen LogP contribution in [0.1, 0.15) is 25.1 Å². The van der Waals surface area contributed by atoms with Crippen molar-refractivity contribution in [3.05, 3.63) is 30.1 Å². The lowest BCUT2D eigenvalue weighted by Crippen LogP contribution is -2.28. The number of aromatic nitrogens is 1. The smallest absolute Gasteiger partial charge is 0.343 e. The Morgan fingerprint density at radius 3 is 3.06 bits per heavy atom. The summed E-state index contributed by atoms with van der Waals surface area (Å²) in [4.78, 5) is 27.2. The molecule has 1 aromatic heterocycles. The standard InChI is InChI=1S/C12H13NO4/c1-2-16-12(15)11-9(14)7-10(17-11)8-5-3-4-6-13-8/h3-6,10-11H,2,7H2,1H3/t10-,11?/m1/s1. The first-order valence-electron chi connectivity index (χ1n) is 5.48. The molecule has 2 rings (SSSR count). The Labute approximate surface area is 98.7 Å². The molecule has 0 saturated carbocycles. The number of hydrogen-bond donors (Lipinski definition) is 0. The zero-order valence-electron chi connectivity index (χ0n) is 9.46. The summed E-state index contributed by atoms with van der Waals surface area (Å²) in [5.41, 5.74) is 0.660. The average molecular weight is 235 g/mol. The van der Waals surface area contributed by atoms with Crippen LogP contribution < -0.4 is 0 Å². The van der Waals surface area contributed by atoms with Crippen LogP contribution in [0.25, 0.3) is 0 Å². The summed E-state index contributed by atoms with van der Waals surface area (Å²) in [5.74, 6) is -0.866. The summed E-state index contributed by atoms with van der Waals surface area (Å²) in [6.45, 7) is 1.92. The van der Waals surface area contributed by atoms with Gasteiger partial charge in [0.1, 0.15) is 6.10 Å². The van der Waals surface area contributed by atoms with Crippen molar-refractivity contribution in [3.63, 3.8) is 0 Å². The van der Waals surface area contributed by atoms with Crippen molar-refractivity contribution >= 4 is 11.8 Å². The molecule has 17 heavy (non-hydrogen) atoms. The first-order chi connectivity index (χ1) is 8.22. The number of carbonyl (C=O) groups is 2. The van der Waals surface area contributed by atoms with Crippen LogP contribution in [-0.4, -0.2) is 29.4 Å². The number of esters is 1. The van der Waals surface area contributed by atoms with E-state index in [1.807, 2.05) is 6.07 Å². The van der Waals surface area contributed by atoms with Crippen LogP contribution in [0.15, 0.2) is 24.4 Å². The minimum Gasteiger partial charge on any atom is -0.464 e. The lowest BCUT2D eigenvalue weighted by molar-refractivity contribution is -0.158. The van der Waals surface area contributed by atoms with Crippen molar-refractivity contribution in [2.24, 2.45) is 0 Å². The topological polar surface area (TPSA) is 65.5 Å². The number of carbonyl (C=O) groups excluding carboxylic acids is 2. The lowest BCUT2D eigenvalue weighted by atomic mass is 10.1. The van der Waals surface area contributed by atoms with Gasteiger partial charge in [-0.05, 0) is 19.1 Å². The van der Waals surface area contributed by atoms with Gasteiger partial charge in [-0.2, -0.15) is 0 Å². The highest BCUT2D eigenvalue weighted by Crippen LogP contribution is 2.29. The Morgan fingerprint density at radius 1 is 1.59 bits per heavy atom. The van der Waals surface area contributed by atoms with E-state index in [1.54, 1.807) is 25.3 Å². The number of hydrogen-bond acceptors (Lipinski definition) is 5. The summed E-state index contributed by atoms with van der Waals surface area (Å²) < 4.78 is 10.2. The van der Waals surface area contributed by atoms with Crippen LogP contribution >= 0.6 is 0 Å². The molecule has 0 aliphatic carbocycles. The van der Waals surface area contributed by atoms with Gasteiger partial charge < -0.3 is 9.47 Å². The Morgan fingerprint density at radius 2 is 2.41 bits per heavy atom. The summed E-state index contributed by atoms with van der Waals surface area (Å²) in [6.07, 6.45) is 0.251. The second-order valence-corrected chi connectivity index (χ2v) is 3.68. The van der Waals surface area contributed by atoms with Crippen molar-refractivity contribution in [2.45, 2.75) is 25.6 Å². The molecule has 0 radical (unpaired) electrons. The average Bonchev–Trinajstić information content (AvgIpc) is 2.73. The van der Waals surface area contributed by atoms with E-state index in [0.29, 0.717) is 5.69 Å². The number of ketones is 1. The number of rotatable bonds is 3. The van der Waals surface area contributed by atoms with Gasteiger partial charge in [-0.25, -0.2) is 4.79 Å². The maximum absolute atomic E-state index is 11.6. The number of Topliss-reactive ketones (excluding diaryl/α,β-unsaturated/α-hetero) is 1. The Bertz CT molecular complexity index is 418. The SMILES string of the molecule is CCOC(=O)C1O[C@@H](c2ccccn2)CC1=O. The molecular formula is C12H13NO4. The van der Waals surface area contributed by atoms with E-state index < -0.39 is 18.2 Å². The molecule has 0 aromatic carbocycles. The van der Waals surface area contributed by atoms with E-state index in [2.05, 4.69) is 4.98 Å². The molecule has 1 aromatic rings. The molecule has 0 bridgehead atoms. The van der Waals surface area contributed by atoms with E-state index in [4.69, 9.17) is 9.47 Å². The number of nitrogens with zero attached hydrogens (tertiary/aromatic N) is 1. The van der Waals surface area contributed by atoms with Crippen molar-refractivity contribution in [2.75, 3.05) is 6.61 Å². The fourth-order valence-electron chi connectivity index (χ4n) is 1.72. The van der Waals surface area contributed by atoms with E-state index in [9.17, 15) is 9.59 Å². The zero-order valence-corrected chi connectivity index (χ0v) is 9.46. The Balaban J connectivity index is 2.07. The maximum Gasteiger partial charge on any atom is 0.343 e.